The average molecular weight is 742 g/mol. The Morgan fingerprint density at radius 3 is 1.67 bits per heavy atom. The van der Waals surface area contributed by atoms with Crippen LogP contribution in [0, 0.1) is 0 Å². The first-order valence-electron chi connectivity index (χ1n) is 17.8. The molecule has 15 nitrogen and oxygen atoms in total. The molecule has 2 atom stereocenters. The highest BCUT2D eigenvalue weighted by Gasteiger charge is 2.30. The fourth-order valence-corrected chi connectivity index (χ4v) is 8.51. The van der Waals surface area contributed by atoms with Gasteiger partial charge >= 0.3 is 23.9 Å². The maximum Gasteiger partial charge on any atom is 0.322 e. The maximum absolute atomic E-state index is 13.8. The summed E-state index contributed by atoms with van der Waals surface area (Å²) in [7, 11) is -2.82. The van der Waals surface area contributed by atoms with Crippen LogP contribution in [0.1, 0.15) is 85.3 Å². The van der Waals surface area contributed by atoms with Crippen LogP contribution in [0.15, 0.2) is 24.3 Å². The first kappa shape index (κ1) is 44.3. The van der Waals surface area contributed by atoms with Crippen molar-refractivity contribution in [3.05, 3.63) is 35.4 Å². The number of nitrogens with zero attached hydrogens (tertiary/aromatic N) is 4. The number of carbonyl (C=O) groups excluding carboxylic acids is 4. The van der Waals surface area contributed by atoms with Gasteiger partial charge in [0.1, 0.15) is 0 Å². The van der Waals surface area contributed by atoms with E-state index in [9.17, 15) is 23.7 Å². The second kappa shape index (κ2) is 22.2. The summed E-state index contributed by atoms with van der Waals surface area (Å²) in [5.74, 6) is -2.11. The fraction of sp³-hybridized carbons (Fsp3) is 0.714. The molecule has 0 aliphatic carbocycles. The van der Waals surface area contributed by atoms with E-state index in [2.05, 4.69) is 0 Å². The predicted octanol–water partition coefficient (Wildman–Crippen LogP) is 3.89. The van der Waals surface area contributed by atoms with E-state index in [0.717, 1.165) is 36.8 Å². The van der Waals surface area contributed by atoms with Crippen molar-refractivity contribution < 1.29 is 47.6 Å². The monoisotopic (exact) mass is 741 g/mol. The van der Waals surface area contributed by atoms with E-state index in [0.29, 0.717) is 31.7 Å². The van der Waals surface area contributed by atoms with Crippen molar-refractivity contribution in [3.63, 3.8) is 0 Å². The quantitative estimate of drug-likeness (QED) is 0.191. The van der Waals surface area contributed by atoms with Crippen molar-refractivity contribution in [1.29, 1.82) is 0 Å². The lowest BCUT2D eigenvalue weighted by atomic mass is 10.0. The Morgan fingerprint density at radius 1 is 0.686 bits per heavy atom. The van der Waals surface area contributed by atoms with Gasteiger partial charge in [-0.1, -0.05) is 30.7 Å². The summed E-state index contributed by atoms with van der Waals surface area (Å²) in [6.45, 7) is 12.8. The number of nitrogens with two attached hydrogens (primary N) is 1. The third kappa shape index (κ3) is 19.5. The highest BCUT2D eigenvalue weighted by atomic mass is 31.2. The van der Waals surface area contributed by atoms with Crippen LogP contribution < -0.4 is 5.73 Å². The Hall–Kier alpha value is -2.91. The van der Waals surface area contributed by atoms with Gasteiger partial charge in [-0.2, -0.15) is 0 Å². The van der Waals surface area contributed by atoms with Crippen molar-refractivity contribution in [2.24, 2.45) is 5.73 Å². The van der Waals surface area contributed by atoms with Gasteiger partial charge in [0.05, 0.1) is 57.5 Å². The first-order chi connectivity index (χ1) is 24.0. The smallest absolute Gasteiger partial charge is 0.322 e. The molecule has 1 fully saturated rings. The van der Waals surface area contributed by atoms with Crippen LogP contribution >= 0.6 is 7.37 Å². The van der Waals surface area contributed by atoms with E-state index in [-0.39, 0.29) is 45.8 Å². The zero-order valence-corrected chi connectivity index (χ0v) is 32.5. The second-order valence-corrected chi connectivity index (χ2v) is 16.5. The molecule has 0 radical (unpaired) electrons. The summed E-state index contributed by atoms with van der Waals surface area (Å²) in [6.07, 6.45) is 5.57. The fourth-order valence-electron chi connectivity index (χ4n) is 5.76. The molecular formula is C35H60N5O10P. The number of benzene rings is 1. The molecule has 0 spiro atoms. The Balaban J connectivity index is 2.27. The molecule has 1 unspecified atom stereocenters. The topological polar surface area (TPSA) is 170 Å². The second-order valence-electron chi connectivity index (χ2n) is 13.8. The van der Waals surface area contributed by atoms with Gasteiger partial charge in [-0.15, -0.1) is 20.3 Å². The van der Waals surface area contributed by atoms with Gasteiger partial charge < -0.3 is 29.6 Å². The van der Waals surface area contributed by atoms with Gasteiger partial charge in [-0.05, 0) is 70.5 Å². The summed E-state index contributed by atoms with van der Waals surface area (Å²) in [5.41, 5.74) is 7.17. The minimum atomic E-state index is -2.82. The van der Waals surface area contributed by atoms with Gasteiger partial charge in [0, 0.05) is 40.0 Å². The molecule has 16 heteroatoms. The molecule has 1 aliphatic rings. The van der Waals surface area contributed by atoms with E-state index in [4.69, 9.17) is 29.6 Å². The lowest BCUT2D eigenvalue weighted by Crippen LogP contribution is -2.51. The maximum atomic E-state index is 13.8. The molecule has 0 saturated carbocycles. The van der Waals surface area contributed by atoms with E-state index in [1.165, 1.54) is 47.9 Å². The number of unbranched alkanes of at least 4 members (excludes halogenated alkanes) is 2. The minimum Gasteiger partial charge on any atom is -0.368 e. The Morgan fingerprint density at radius 2 is 1.16 bits per heavy atom. The molecule has 2 rings (SSSR count). The molecule has 0 bridgehead atoms. The van der Waals surface area contributed by atoms with Crippen LogP contribution in [-0.4, -0.2) is 120 Å². The lowest BCUT2D eigenvalue weighted by molar-refractivity contribution is -0.238. The number of hydroxylamine groups is 8. The summed E-state index contributed by atoms with van der Waals surface area (Å²) < 4.78 is 19.9. The van der Waals surface area contributed by atoms with Crippen molar-refractivity contribution in [2.45, 2.75) is 98.6 Å². The van der Waals surface area contributed by atoms with Gasteiger partial charge in [-0.3, -0.25) is 23.7 Å². The Labute approximate surface area is 303 Å². The Kier molecular flexibility index (Phi) is 19.3. The van der Waals surface area contributed by atoms with Crippen molar-refractivity contribution in [1.82, 2.24) is 20.3 Å². The normalized spacial score (nSPS) is 18.9. The van der Waals surface area contributed by atoms with Crippen LogP contribution in [0.4, 0.5) is 0 Å². The molecule has 1 saturated heterocycles. The van der Waals surface area contributed by atoms with Crippen LogP contribution in [0.5, 0.6) is 0 Å². The molecule has 1 aromatic carbocycles. The summed E-state index contributed by atoms with van der Waals surface area (Å²) in [5, 5.41) is 5.84. The summed E-state index contributed by atoms with van der Waals surface area (Å²) >= 11 is 0. The number of carbonyl (C=O) groups is 4. The molecular weight excluding hydrogens is 681 g/mol. The lowest BCUT2D eigenvalue weighted by Gasteiger charge is -2.35. The van der Waals surface area contributed by atoms with Crippen LogP contribution in [0.25, 0.3) is 0 Å². The largest absolute Gasteiger partial charge is 0.368 e. The van der Waals surface area contributed by atoms with E-state index in [1.54, 1.807) is 0 Å². The SMILES string of the molecule is CC(=O)ON1CCN(OC(C)=O)CCN(OC(C)=O)[C@@H](Cc2ccc(CCCP(=O)(CCCCCN)OC(C)(C)C)cc2)CN(OC(C)=O)CC1. The standard InChI is InChI=1S/C35H60N5O10P/c1-28(41)46-37-18-19-38(47-29(2)42)22-23-40(49-31(4)44)34(27-39(21-20-37)48-30(3)43)26-33-15-13-32(14-16-33)12-11-25-51(45,50-35(5,6)7)24-10-8-9-17-36/h13-16,34H,8-12,17-27,36H2,1-7H3/t34-,51?/m0/s1. The van der Waals surface area contributed by atoms with Crippen LogP contribution in [-0.2, 0) is 60.5 Å². The van der Waals surface area contributed by atoms with E-state index >= 15 is 0 Å². The van der Waals surface area contributed by atoms with Gasteiger partial charge in [-0.25, -0.2) is 0 Å². The molecule has 0 amide bonds. The molecule has 51 heavy (non-hydrogen) atoms. The van der Waals surface area contributed by atoms with E-state index < -0.39 is 42.9 Å². The van der Waals surface area contributed by atoms with Crippen molar-refractivity contribution >= 4 is 31.2 Å². The predicted molar refractivity (Wildman–Crippen MR) is 192 cm³/mol. The zero-order valence-electron chi connectivity index (χ0n) is 31.6. The molecule has 0 aromatic heterocycles. The highest BCUT2D eigenvalue weighted by Crippen LogP contribution is 2.51. The summed E-state index contributed by atoms with van der Waals surface area (Å²) in [6, 6.07) is 7.56. The third-order valence-corrected chi connectivity index (χ3v) is 10.6. The average Bonchev–Trinajstić information content (AvgIpc) is 3.00. The highest BCUT2D eigenvalue weighted by molar-refractivity contribution is 7.59. The van der Waals surface area contributed by atoms with Crippen molar-refractivity contribution in [2.75, 3.05) is 64.7 Å². The molecule has 1 heterocycles. The number of rotatable bonds is 16. The Bertz CT molecular complexity index is 1290. The van der Waals surface area contributed by atoms with E-state index in [1.807, 2.05) is 45.0 Å². The van der Waals surface area contributed by atoms with Crippen LogP contribution in [0.3, 0.4) is 0 Å². The van der Waals surface area contributed by atoms with Gasteiger partial charge in [0.2, 0.25) is 7.37 Å². The summed E-state index contributed by atoms with van der Waals surface area (Å²) in [4.78, 5) is 70.0. The number of hydrogen-bond donors (Lipinski definition) is 1. The van der Waals surface area contributed by atoms with Crippen LogP contribution in [0.2, 0.25) is 0 Å². The van der Waals surface area contributed by atoms with Gasteiger partial charge in [0.15, 0.2) is 0 Å². The molecule has 2 N–H and O–H groups in total. The first-order valence-corrected chi connectivity index (χ1v) is 19.8. The van der Waals surface area contributed by atoms with Gasteiger partial charge in [0.25, 0.3) is 0 Å². The molecule has 1 aliphatic heterocycles. The third-order valence-electron chi connectivity index (χ3n) is 7.71. The minimum absolute atomic E-state index is 0.143. The number of hydrogen-bond acceptors (Lipinski definition) is 15. The number of aryl methyl sites for hydroxylation is 1. The molecule has 290 valence electrons. The molecule has 1 aromatic rings. The van der Waals surface area contributed by atoms with Crippen molar-refractivity contribution in [3.8, 4) is 0 Å². The zero-order chi connectivity index (χ0) is 38.0.